The normalized spacial score (nSPS) is 16.5. The lowest BCUT2D eigenvalue weighted by Gasteiger charge is -2.34. The molecule has 0 spiro atoms. The fourth-order valence-electron chi connectivity index (χ4n) is 8.34. The van der Waals surface area contributed by atoms with E-state index in [1.54, 1.807) is 107 Å². The number of amides is 6. The third-order valence-corrected chi connectivity index (χ3v) is 12.6. The van der Waals surface area contributed by atoms with Crippen LogP contribution in [0.2, 0.25) is 0 Å². The number of imide groups is 1. The highest BCUT2D eigenvalue weighted by Crippen LogP contribution is 2.16. The Labute approximate surface area is 483 Å². The van der Waals surface area contributed by atoms with Gasteiger partial charge in [0.25, 0.3) is 17.7 Å². The summed E-state index contributed by atoms with van der Waals surface area (Å²) in [5.41, 5.74) is -2.15. The molecule has 2 atom stereocenters. The van der Waals surface area contributed by atoms with Crippen molar-refractivity contribution in [2.75, 3.05) is 104 Å². The molecule has 1 aromatic rings. The third-order valence-electron chi connectivity index (χ3n) is 12.0. The van der Waals surface area contributed by atoms with E-state index in [9.17, 15) is 47.9 Å². The van der Waals surface area contributed by atoms with E-state index in [-0.39, 0.29) is 63.6 Å². The molecule has 0 radical (unpaired) electrons. The van der Waals surface area contributed by atoms with Gasteiger partial charge in [-0.1, -0.05) is 12.1 Å². The zero-order valence-electron chi connectivity index (χ0n) is 50.1. The van der Waals surface area contributed by atoms with Gasteiger partial charge in [0, 0.05) is 83.2 Å². The molecule has 81 heavy (non-hydrogen) atoms. The molecule has 1 fully saturated rings. The largest absolute Gasteiger partial charge is 0.459 e. The van der Waals surface area contributed by atoms with Crippen molar-refractivity contribution in [3.8, 4) is 0 Å². The van der Waals surface area contributed by atoms with E-state index in [0.29, 0.717) is 76.5 Å². The molecule has 0 saturated carbocycles. The Hall–Kier alpha value is -5.95. The van der Waals surface area contributed by atoms with Gasteiger partial charge in [-0.15, -0.1) is 0 Å². The number of benzene rings is 1. The molecule has 6 amide bonds. The number of nitrogens with zero attached hydrogens (tertiary/aromatic N) is 5. The standard InChI is InChI=1S/C57H91N9O14S/c1-54(2,3)77-48(71)37-63-26-24-62(25-27-64(38-49(72)78-55(4,5)6)29-31-65(30-28-63)39-50(73)79-56(7,8)9)36-45(68)58-34-40-17-16-18-41(33-40)51(74)61-42(22-32-81-13)52(75)59-35-44(67)60-43(53(76)80-57(10,11)12)19-14-15-23-66-46(69)20-21-47(66)70/h16-18,20-21,33,42-43H,14-15,19,22-32,34-39H2,1-13H3,(H,58,68)(H,59,75)(H,60,67)(H,61,74)/t42-,43-/m0/s1. The second-order valence-corrected chi connectivity index (χ2v) is 25.2. The maximum absolute atomic E-state index is 13.8. The Morgan fingerprint density at radius 1 is 0.556 bits per heavy atom. The number of carbonyl (C=O) groups is 10. The molecular weight excluding hydrogens is 1070 g/mol. The van der Waals surface area contributed by atoms with Crippen LogP contribution < -0.4 is 21.3 Å². The quantitative estimate of drug-likeness (QED) is 0.0474. The summed E-state index contributed by atoms with van der Waals surface area (Å²) in [6, 6.07) is 4.46. The molecule has 24 heteroatoms. The number of thioether (sulfide) groups is 1. The zero-order valence-corrected chi connectivity index (χ0v) is 50.9. The summed E-state index contributed by atoms with van der Waals surface area (Å²) < 4.78 is 22.5. The number of hydrogen-bond donors (Lipinski definition) is 4. The molecule has 3 rings (SSSR count). The maximum Gasteiger partial charge on any atom is 0.329 e. The summed E-state index contributed by atoms with van der Waals surface area (Å²) in [5.74, 6) is -4.44. The van der Waals surface area contributed by atoms with Crippen LogP contribution in [0.15, 0.2) is 36.4 Å². The van der Waals surface area contributed by atoms with Crippen molar-refractivity contribution in [2.45, 2.75) is 150 Å². The molecule has 0 aliphatic carbocycles. The van der Waals surface area contributed by atoms with Crippen LogP contribution >= 0.6 is 11.8 Å². The lowest BCUT2D eigenvalue weighted by molar-refractivity contribution is -0.159. The first-order valence-electron chi connectivity index (χ1n) is 27.7. The summed E-state index contributed by atoms with van der Waals surface area (Å²) in [4.78, 5) is 140. The number of hydrogen-bond acceptors (Lipinski definition) is 19. The van der Waals surface area contributed by atoms with Crippen molar-refractivity contribution in [2.24, 2.45) is 0 Å². The summed E-state index contributed by atoms with van der Waals surface area (Å²) in [7, 11) is 0. The monoisotopic (exact) mass is 1160 g/mol. The number of unbranched alkanes of at least 4 members (excludes halogenated alkanes) is 1. The first kappa shape index (κ1) is 69.3. The van der Waals surface area contributed by atoms with Crippen molar-refractivity contribution in [3.63, 3.8) is 0 Å². The van der Waals surface area contributed by atoms with Gasteiger partial charge in [-0.3, -0.25) is 67.7 Å². The molecule has 2 heterocycles. The highest BCUT2D eigenvalue weighted by Gasteiger charge is 2.30. The van der Waals surface area contributed by atoms with E-state index >= 15 is 0 Å². The molecule has 0 aromatic heterocycles. The Bertz CT molecular complexity index is 2290. The molecule has 0 bridgehead atoms. The van der Waals surface area contributed by atoms with Crippen LogP contribution in [-0.4, -0.2) is 222 Å². The number of carbonyl (C=O) groups excluding carboxylic acids is 10. The molecule has 0 unspecified atom stereocenters. The van der Waals surface area contributed by atoms with Crippen LogP contribution in [0.25, 0.3) is 0 Å². The fourth-order valence-corrected chi connectivity index (χ4v) is 8.81. The van der Waals surface area contributed by atoms with Gasteiger partial charge in [-0.25, -0.2) is 4.79 Å². The Morgan fingerprint density at radius 3 is 1.46 bits per heavy atom. The van der Waals surface area contributed by atoms with Gasteiger partial charge >= 0.3 is 23.9 Å². The van der Waals surface area contributed by atoms with Gasteiger partial charge in [0.05, 0.1) is 32.7 Å². The number of esters is 4. The van der Waals surface area contributed by atoms with Gasteiger partial charge < -0.3 is 40.2 Å². The smallest absolute Gasteiger partial charge is 0.329 e. The minimum absolute atomic E-state index is 0.00344. The van der Waals surface area contributed by atoms with E-state index in [0.717, 1.165) is 4.90 Å². The first-order chi connectivity index (χ1) is 37.7. The van der Waals surface area contributed by atoms with Gasteiger partial charge in [0.2, 0.25) is 17.7 Å². The molecule has 2 aliphatic rings. The van der Waals surface area contributed by atoms with Gasteiger partial charge in [-0.05, 0) is 138 Å². The Morgan fingerprint density at radius 2 is 1.01 bits per heavy atom. The molecule has 4 N–H and O–H groups in total. The van der Waals surface area contributed by atoms with Crippen molar-refractivity contribution in [1.82, 2.24) is 45.8 Å². The summed E-state index contributed by atoms with van der Waals surface area (Å²) in [5, 5.41) is 10.9. The van der Waals surface area contributed by atoms with Crippen LogP contribution in [0.4, 0.5) is 0 Å². The highest BCUT2D eigenvalue weighted by molar-refractivity contribution is 7.98. The van der Waals surface area contributed by atoms with E-state index < -0.39 is 94.4 Å². The number of ether oxygens (including phenoxy) is 4. The average molecular weight is 1160 g/mol. The summed E-state index contributed by atoms with van der Waals surface area (Å²) in [6.45, 7) is 23.8. The predicted octanol–water partition coefficient (Wildman–Crippen LogP) is 2.44. The molecule has 1 saturated heterocycles. The topological polar surface area (TPSA) is 272 Å². The van der Waals surface area contributed by atoms with Crippen LogP contribution in [0, 0.1) is 0 Å². The highest BCUT2D eigenvalue weighted by atomic mass is 32.2. The second-order valence-electron chi connectivity index (χ2n) is 24.2. The predicted molar refractivity (Wildman–Crippen MR) is 306 cm³/mol. The third kappa shape index (κ3) is 29.6. The second kappa shape index (κ2) is 32.6. The van der Waals surface area contributed by atoms with Crippen LogP contribution in [0.5, 0.6) is 0 Å². The number of nitrogens with one attached hydrogen (secondary N) is 4. The van der Waals surface area contributed by atoms with Gasteiger partial charge in [0.1, 0.15) is 34.5 Å². The van der Waals surface area contributed by atoms with Crippen molar-refractivity contribution in [1.29, 1.82) is 0 Å². The van der Waals surface area contributed by atoms with E-state index in [2.05, 4.69) is 21.3 Å². The van der Waals surface area contributed by atoms with E-state index in [1.807, 2.05) is 25.9 Å². The maximum atomic E-state index is 13.8. The molecule has 2 aliphatic heterocycles. The summed E-state index contributed by atoms with van der Waals surface area (Å²) >= 11 is 1.46. The van der Waals surface area contributed by atoms with Crippen molar-refractivity contribution < 1.29 is 66.9 Å². The number of rotatable bonds is 25. The zero-order chi connectivity index (χ0) is 60.7. The first-order valence-corrected chi connectivity index (χ1v) is 29.1. The van der Waals surface area contributed by atoms with E-state index in [4.69, 9.17) is 18.9 Å². The van der Waals surface area contributed by atoms with Gasteiger partial charge in [0.15, 0.2) is 0 Å². The van der Waals surface area contributed by atoms with Gasteiger partial charge in [-0.2, -0.15) is 11.8 Å². The molecule has 454 valence electrons. The molecule has 23 nitrogen and oxygen atoms in total. The van der Waals surface area contributed by atoms with Crippen LogP contribution in [0.3, 0.4) is 0 Å². The van der Waals surface area contributed by atoms with Crippen LogP contribution in [0.1, 0.15) is 125 Å². The fraction of sp³-hybridized carbons (Fsp3) is 0.684. The lowest BCUT2D eigenvalue weighted by atomic mass is 10.1. The molecule has 1 aromatic carbocycles. The SMILES string of the molecule is CSCC[C@H](NC(=O)c1cccc(CNC(=O)CN2CCN(CC(=O)OC(C)(C)C)CCN(CC(=O)OC(C)(C)C)CCN(CC(=O)OC(C)(C)C)CC2)c1)C(=O)NCC(=O)N[C@@H](CCCCN1C(=O)C=CC1=O)C(=O)OC(C)(C)C. The van der Waals surface area contributed by atoms with E-state index in [1.165, 1.54) is 23.9 Å². The lowest BCUT2D eigenvalue weighted by Crippen LogP contribution is -2.51. The Balaban J connectivity index is 1.70. The average Bonchev–Trinajstić information content (AvgIpc) is 3.65. The minimum atomic E-state index is -1.08. The minimum Gasteiger partial charge on any atom is -0.459 e. The summed E-state index contributed by atoms with van der Waals surface area (Å²) in [6.07, 6.45) is 5.34. The van der Waals surface area contributed by atoms with Crippen LogP contribution in [-0.2, 0) is 68.6 Å². The van der Waals surface area contributed by atoms with Crippen molar-refractivity contribution >= 4 is 71.1 Å². The Kier molecular flexibility index (Phi) is 27.9. The molecular formula is C57H91N9O14S. The van der Waals surface area contributed by atoms with Crippen molar-refractivity contribution in [3.05, 3.63) is 47.5 Å².